The summed E-state index contributed by atoms with van der Waals surface area (Å²) in [6, 6.07) is 0. The van der Waals surface area contributed by atoms with E-state index in [0.29, 0.717) is 6.42 Å². The van der Waals surface area contributed by atoms with E-state index in [1.807, 2.05) is 0 Å². The van der Waals surface area contributed by atoms with Crippen molar-refractivity contribution >= 4 is 0 Å². The minimum Gasteiger partial charge on any atom is -0.391 e. The van der Waals surface area contributed by atoms with Crippen LogP contribution in [-0.2, 0) is 0 Å². The summed E-state index contributed by atoms with van der Waals surface area (Å²) < 4.78 is 25.0. The van der Waals surface area contributed by atoms with Gasteiger partial charge in [-0.1, -0.05) is 0 Å². The minimum absolute atomic E-state index is 0.0625. The smallest absolute Gasteiger partial charge is 0.213 e. The molecule has 0 aliphatic carbocycles. The number of rotatable bonds is 1. The van der Waals surface area contributed by atoms with Crippen LogP contribution in [0, 0.1) is 0 Å². The molecule has 9 heavy (non-hydrogen) atoms. The van der Waals surface area contributed by atoms with Gasteiger partial charge in [0, 0.05) is 13.0 Å². The zero-order chi connectivity index (χ0) is 6.91. The summed E-state index contributed by atoms with van der Waals surface area (Å²) in [7, 11) is 0. The Morgan fingerprint density at radius 2 is 2.33 bits per heavy atom. The third kappa shape index (κ3) is 1.04. The van der Waals surface area contributed by atoms with Crippen LogP contribution in [0.1, 0.15) is 12.8 Å². The van der Waals surface area contributed by atoms with Crippen molar-refractivity contribution < 1.29 is 14.0 Å². The van der Waals surface area contributed by atoms with Crippen LogP contribution in [0.5, 0.6) is 0 Å². The molecule has 0 unspecified atom stereocenters. The van der Waals surface area contributed by atoms with Gasteiger partial charge in [-0.25, -0.2) is 4.39 Å². The quantitative estimate of drug-likeness (QED) is 0.423. The lowest BCUT2D eigenvalue weighted by atomic mass is 10.2. The van der Waals surface area contributed by atoms with Gasteiger partial charge in [-0.15, -0.1) is 9.60 Å². The van der Waals surface area contributed by atoms with Crippen molar-refractivity contribution in [1.29, 1.82) is 0 Å². The maximum absolute atomic E-state index is 12.7. The third-order valence-electron chi connectivity index (χ3n) is 1.59. The lowest BCUT2D eigenvalue weighted by molar-refractivity contribution is -0.149. The Morgan fingerprint density at radius 1 is 1.67 bits per heavy atom. The van der Waals surface area contributed by atoms with Crippen LogP contribution in [-0.4, -0.2) is 29.2 Å². The van der Waals surface area contributed by atoms with Crippen LogP contribution in [0.4, 0.5) is 8.87 Å². The summed E-state index contributed by atoms with van der Waals surface area (Å²) in [4.78, 5) is 0. The molecule has 0 amide bonds. The summed E-state index contributed by atoms with van der Waals surface area (Å²) >= 11 is 0. The highest BCUT2D eigenvalue weighted by molar-refractivity contribution is 4.80. The van der Waals surface area contributed by atoms with E-state index in [4.69, 9.17) is 5.11 Å². The molecule has 1 aliphatic rings. The molecule has 1 fully saturated rings. The molecule has 0 aromatic heterocycles. The number of alkyl halides is 1. The molecule has 4 heteroatoms. The summed E-state index contributed by atoms with van der Waals surface area (Å²) in [6.45, 7) is -0.652. The van der Waals surface area contributed by atoms with Crippen molar-refractivity contribution in [3.63, 3.8) is 0 Å². The Labute approximate surface area is 52.0 Å². The summed E-state index contributed by atoms with van der Waals surface area (Å²) in [5.41, 5.74) is 0. The standard InChI is InChI=1S/C5H9F2NO/c6-5(4-9)2-1-3-8(5)7/h9H,1-4H2/t5-/m0/s1. The Hall–Kier alpha value is -0.220. The van der Waals surface area contributed by atoms with Crippen LogP contribution < -0.4 is 0 Å². The van der Waals surface area contributed by atoms with Crippen molar-refractivity contribution in [2.45, 2.75) is 18.6 Å². The Kier molecular flexibility index (Phi) is 1.68. The summed E-state index contributed by atoms with van der Waals surface area (Å²) in [5.74, 6) is -2.08. The lowest BCUT2D eigenvalue weighted by Gasteiger charge is -2.19. The van der Waals surface area contributed by atoms with Gasteiger partial charge in [0.1, 0.15) is 0 Å². The first kappa shape index (κ1) is 6.89. The van der Waals surface area contributed by atoms with E-state index in [2.05, 4.69) is 0 Å². The molecule has 1 aliphatic heterocycles. The van der Waals surface area contributed by atoms with Gasteiger partial charge < -0.3 is 5.11 Å². The fourth-order valence-corrected chi connectivity index (χ4v) is 0.966. The van der Waals surface area contributed by atoms with E-state index in [-0.39, 0.29) is 18.1 Å². The van der Waals surface area contributed by atoms with E-state index in [1.54, 1.807) is 0 Å². The van der Waals surface area contributed by atoms with E-state index >= 15 is 0 Å². The molecule has 0 aromatic carbocycles. The highest BCUT2D eigenvalue weighted by Gasteiger charge is 2.41. The Morgan fingerprint density at radius 3 is 2.56 bits per heavy atom. The normalized spacial score (nSPS) is 37.7. The van der Waals surface area contributed by atoms with Gasteiger partial charge in [-0.2, -0.15) is 0 Å². The highest BCUT2D eigenvalue weighted by Crippen LogP contribution is 2.29. The molecule has 1 atom stereocenters. The molecule has 1 heterocycles. The van der Waals surface area contributed by atoms with E-state index < -0.39 is 12.4 Å². The van der Waals surface area contributed by atoms with Gasteiger partial charge in [0.15, 0.2) is 0 Å². The maximum atomic E-state index is 12.7. The first-order valence-corrected chi connectivity index (χ1v) is 2.92. The predicted octanol–water partition coefficient (Wildman–Crippen LogP) is 0.625. The molecule has 1 rings (SSSR count). The molecule has 0 aromatic rings. The van der Waals surface area contributed by atoms with E-state index in [0.717, 1.165) is 0 Å². The number of aliphatic hydroxyl groups is 1. The third-order valence-corrected chi connectivity index (χ3v) is 1.59. The zero-order valence-corrected chi connectivity index (χ0v) is 4.98. The van der Waals surface area contributed by atoms with Gasteiger partial charge in [-0.3, -0.25) is 0 Å². The van der Waals surface area contributed by atoms with Crippen molar-refractivity contribution in [2.75, 3.05) is 13.2 Å². The second-order valence-electron chi connectivity index (χ2n) is 2.27. The minimum atomic E-state index is -2.08. The van der Waals surface area contributed by atoms with Gasteiger partial charge in [0.25, 0.3) is 0 Å². The molecule has 0 spiro atoms. The van der Waals surface area contributed by atoms with Gasteiger partial charge in [-0.05, 0) is 6.42 Å². The second kappa shape index (κ2) is 2.19. The number of aliphatic hydroxyl groups excluding tert-OH is 1. The summed E-state index contributed by atoms with van der Waals surface area (Å²) in [5, 5.41) is 8.40. The van der Waals surface area contributed by atoms with Crippen LogP contribution in [0.15, 0.2) is 0 Å². The van der Waals surface area contributed by atoms with Gasteiger partial charge >= 0.3 is 0 Å². The fourth-order valence-electron chi connectivity index (χ4n) is 0.966. The van der Waals surface area contributed by atoms with Crippen LogP contribution in [0.25, 0.3) is 0 Å². The average Bonchev–Trinajstić information content (AvgIpc) is 2.15. The topological polar surface area (TPSA) is 23.5 Å². The Balaban J connectivity index is 2.56. The average molecular weight is 137 g/mol. The van der Waals surface area contributed by atoms with E-state index in [9.17, 15) is 8.87 Å². The predicted molar refractivity (Wildman–Crippen MR) is 28.0 cm³/mol. The van der Waals surface area contributed by atoms with Crippen molar-refractivity contribution in [3.8, 4) is 0 Å². The van der Waals surface area contributed by atoms with Crippen LogP contribution in [0.3, 0.4) is 0 Å². The van der Waals surface area contributed by atoms with Crippen molar-refractivity contribution in [3.05, 3.63) is 0 Å². The lowest BCUT2D eigenvalue weighted by Crippen LogP contribution is -2.37. The van der Waals surface area contributed by atoms with Crippen molar-refractivity contribution in [1.82, 2.24) is 5.12 Å². The number of hydrogen-bond donors (Lipinski definition) is 1. The molecular weight excluding hydrogens is 128 g/mol. The molecule has 1 saturated heterocycles. The van der Waals surface area contributed by atoms with Gasteiger partial charge in [0.2, 0.25) is 5.79 Å². The molecule has 0 radical (unpaired) electrons. The molecule has 1 N–H and O–H groups in total. The van der Waals surface area contributed by atoms with Crippen LogP contribution >= 0.6 is 0 Å². The number of nitrogens with zero attached hydrogens (tertiary/aromatic N) is 1. The monoisotopic (exact) mass is 137 g/mol. The molecule has 54 valence electrons. The fraction of sp³-hybridized carbons (Fsp3) is 1.00. The number of halogens is 2. The Bertz CT molecular complexity index is 111. The largest absolute Gasteiger partial charge is 0.391 e. The SMILES string of the molecule is OC[C@]1(F)CCCN1F. The molecule has 2 nitrogen and oxygen atoms in total. The zero-order valence-electron chi connectivity index (χ0n) is 4.98. The molecule has 0 bridgehead atoms. The van der Waals surface area contributed by atoms with E-state index in [1.165, 1.54) is 0 Å². The maximum Gasteiger partial charge on any atom is 0.213 e. The first-order chi connectivity index (χ1) is 4.19. The summed E-state index contributed by atoms with van der Waals surface area (Å²) in [6.07, 6.45) is 0.577. The second-order valence-corrected chi connectivity index (χ2v) is 2.27. The van der Waals surface area contributed by atoms with Crippen LogP contribution in [0.2, 0.25) is 0 Å². The first-order valence-electron chi connectivity index (χ1n) is 2.92. The number of hydrogen-bond acceptors (Lipinski definition) is 2. The van der Waals surface area contributed by atoms with Gasteiger partial charge in [0.05, 0.1) is 6.61 Å². The van der Waals surface area contributed by atoms with Crippen molar-refractivity contribution in [2.24, 2.45) is 0 Å². The molecule has 0 saturated carbocycles. The highest BCUT2D eigenvalue weighted by atomic mass is 19.2. The molecular formula is C5H9F2NO.